The van der Waals surface area contributed by atoms with Gasteiger partial charge >= 0.3 is 0 Å². The molecule has 134 valence electrons. The maximum absolute atomic E-state index is 12.6. The van der Waals surface area contributed by atoms with Crippen molar-refractivity contribution >= 4 is 10.0 Å². The van der Waals surface area contributed by atoms with Crippen LogP contribution in [0.5, 0.6) is 0 Å². The molecule has 25 heavy (non-hydrogen) atoms. The highest BCUT2D eigenvalue weighted by molar-refractivity contribution is 7.89. The van der Waals surface area contributed by atoms with Gasteiger partial charge in [-0.3, -0.25) is 4.68 Å². The Morgan fingerprint density at radius 3 is 2.96 bits per heavy atom. The topological polar surface area (TPSA) is 73.2 Å². The average molecular weight is 361 g/mol. The van der Waals surface area contributed by atoms with Crippen LogP contribution in [-0.4, -0.2) is 31.3 Å². The largest absolute Gasteiger partial charge is 0.376 e. The molecule has 1 aliphatic carbocycles. The second-order valence-corrected chi connectivity index (χ2v) is 8.50. The van der Waals surface area contributed by atoms with Gasteiger partial charge in [-0.05, 0) is 42.5 Å². The Hall–Kier alpha value is -1.70. The fourth-order valence-corrected chi connectivity index (χ4v) is 4.87. The van der Waals surface area contributed by atoms with Gasteiger partial charge in [0.05, 0.1) is 23.8 Å². The van der Waals surface area contributed by atoms with Crippen molar-refractivity contribution in [3.05, 3.63) is 46.3 Å². The van der Waals surface area contributed by atoms with Crippen LogP contribution < -0.4 is 4.72 Å². The molecule has 1 aliphatic heterocycles. The molecule has 0 radical (unpaired) electrons. The van der Waals surface area contributed by atoms with E-state index in [0.29, 0.717) is 24.5 Å². The molecule has 0 fully saturated rings. The smallest absolute Gasteiger partial charge is 0.240 e. The van der Waals surface area contributed by atoms with Crippen LogP contribution in [-0.2, 0) is 54.1 Å². The van der Waals surface area contributed by atoms with Gasteiger partial charge in [-0.25, -0.2) is 13.1 Å². The lowest BCUT2D eigenvalue weighted by Crippen LogP contribution is -2.26. The fraction of sp³-hybridized carbons (Fsp3) is 0.500. The van der Waals surface area contributed by atoms with E-state index in [-0.39, 0.29) is 0 Å². The number of hydrogen-bond donors (Lipinski definition) is 1. The molecule has 0 spiro atoms. The van der Waals surface area contributed by atoms with Gasteiger partial charge in [0, 0.05) is 37.7 Å². The van der Waals surface area contributed by atoms with Gasteiger partial charge in [-0.1, -0.05) is 6.07 Å². The summed E-state index contributed by atoms with van der Waals surface area (Å²) in [5, 5.41) is 4.53. The van der Waals surface area contributed by atoms with E-state index in [4.69, 9.17) is 4.74 Å². The number of hydrogen-bond acceptors (Lipinski definition) is 4. The first-order chi connectivity index (χ1) is 12.0. The van der Waals surface area contributed by atoms with Crippen LogP contribution in [0.25, 0.3) is 0 Å². The van der Waals surface area contributed by atoms with Crippen molar-refractivity contribution in [2.24, 2.45) is 7.05 Å². The number of aryl methyl sites for hydroxylation is 3. The molecule has 1 aromatic heterocycles. The standard InChI is InChI=1S/C18H23N3O3S/c1-21-18-8-10-24-12-16(18)17(20-21)7-9-19-25(22,23)15-6-5-13-3-2-4-14(13)11-15/h5-6,11,19H,2-4,7-10,12H2,1H3. The van der Waals surface area contributed by atoms with Crippen LogP contribution in [0.1, 0.15) is 34.5 Å². The summed E-state index contributed by atoms with van der Waals surface area (Å²) in [6.45, 7) is 1.62. The molecule has 0 saturated heterocycles. The van der Waals surface area contributed by atoms with Crippen LogP contribution in [0, 0.1) is 0 Å². The Balaban J connectivity index is 1.44. The van der Waals surface area contributed by atoms with Crippen molar-refractivity contribution in [3.8, 4) is 0 Å². The van der Waals surface area contributed by atoms with E-state index in [1.54, 1.807) is 6.07 Å². The molecule has 4 rings (SSSR count). The Morgan fingerprint density at radius 2 is 2.08 bits per heavy atom. The molecule has 7 heteroatoms. The van der Waals surface area contributed by atoms with Crippen molar-refractivity contribution in [2.45, 2.75) is 43.6 Å². The Morgan fingerprint density at radius 1 is 1.24 bits per heavy atom. The molecule has 0 unspecified atom stereocenters. The molecular formula is C18H23N3O3S. The summed E-state index contributed by atoms with van der Waals surface area (Å²) in [5.74, 6) is 0. The Labute approximate surface area is 148 Å². The predicted octanol–water partition coefficient (Wildman–Crippen LogP) is 1.50. The quantitative estimate of drug-likeness (QED) is 0.876. The van der Waals surface area contributed by atoms with Gasteiger partial charge in [-0.2, -0.15) is 5.10 Å². The highest BCUT2D eigenvalue weighted by atomic mass is 32.2. The zero-order chi connectivity index (χ0) is 17.4. The van der Waals surface area contributed by atoms with Crippen molar-refractivity contribution in [2.75, 3.05) is 13.2 Å². The van der Waals surface area contributed by atoms with Gasteiger partial charge < -0.3 is 4.74 Å². The maximum Gasteiger partial charge on any atom is 0.240 e. The number of fused-ring (bicyclic) bond motifs is 2. The van der Waals surface area contributed by atoms with E-state index >= 15 is 0 Å². The van der Waals surface area contributed by atoms with E-state index in [0.717, 1.165) is 43.5 Å². The SMILES string of the molecule is Cn1nc(CCNS(=O)(=O)c2ccc3c(c2)CCC3)c2c1CCOC2. The second-order valence-electron chi connectivity index (χ2n) is 6.73. The normalized spacial score (nSPS) is 16.7. The third kappa shape index (κ3) is 3.23. The number of nitrogens with one attached hydrogen (secondary N) is 1. The molecular weight excluding hydrogens is 338 g/mol. The fourth-order valence-electron chi connectivity index (χ4n) is 3.79. The number of benzene rings is 1. The number of ether oxygens (including phenoxy) is 1. The van der Waals surface area contributed by atoms with Gasteiger partial charge in [0.2, 0.25) is 10.0 Å². The van der Waals surface area contributed by atoms with Crippen LogP contribution in [0.3, 0.4) is 0 Å². The number of nitrogens with zero attached hydrogens (tertiary/aromatic N) is 2. The third-order valence-corrected chi connectivity index (χ3v) is 6.58. The van der Waals surface area contributed by atoms with Gasteiger partial charge in [0.1, 0.15) is 0 Å². The number of sulfonamides is 1. The summed E-state index contributed by atoms with van der Waals surface area (Å²) in [5.41, 5.74) is 5.68. The molecule has 1 N–H and O–H groups in total. The minimum absolute atomic E-state index is 0.336. The van der Waals surface area contributed by atoms with E-state index in [1.807, 2.05) is 23.9 Å². The molecule has 0 bridgehead atoms. The summed E-state index contributed by atoms with van der Waals surface area (Å²) in [6.07, 6.45) is 4.56. The van der Waals surface area contributed by atoms with Crippen LogP contribution in [0.2, 0.25) is 0 Å². The second kappa shape index (κ2) is 6.55. The first kappa shape index (κ1) is 16.8. The lowest BCUT2D eigenvalue weighted by molar-refractivity contribution is 0.108. The van der Waals surface area contributed by atoms with Gasteiger partial charge in [0.15, 0.2) is 0 Å². The summed E-state index contributed by atoms with van der Waals surface area (Å²) in [6, 6.07) is 5.48. The first-order valence-electron chi connectivity index (χ1n) is 8.77. The first-order valence-corrected chi connectivity index (χ1v) is 10.3. The zero-order valence-corrected chi connectivity index (χ0v) is 15.2. The highest BCUT2D eigenvalue weighted by Crippen LogP contribution is 2.25. The van der Waals surface area contributed by atoms with E-state index in [1.165, 1.54) is 16.8 Å². The summed E-state index contributed by atoms with van der Waals surface area (Å²) < 4.78 is 35.2. The van der Waals surface area contributed by atoms with E-state index in [2.05, 4.69) is 9.82 Å². The third-order valence-electron chi connectivity index (χ3n) is 5.12. The van der Waals surface area contributed by atoms with Crippen molar-refractivity contribution in [1.82, 2.24) is 14.5 Å². The summed E-state index contributed by atoms with van der Waals surface area (Å²) in [4.78, 5) is 0.361. The molecule has 6 nitrogen and oxygen atoms in total. The monoisotopic (exact) mass is 361 g/mol. The molecule has 0 amide bonds. The summed E-state index contributed by atoms with van der Waals surface area (Å²) >= 11 is 0. The Bertz CT molecular complexity index is 903. The Kier molecular flexibility index (Phi) is 4.39. The number of rotatable bonds is 5. The minimum atomic E-state index is -3.48. The molecule has 1 aromatic carbocycles. The van der Waals surface area contributed by atoms with Crippen LogP contribution in [0.15, 0.2) is 23.1 Å². The van der Waals surface area contributed by atoms with Crippen LogP contribution in [0.4, 0.5) is 0 Å². The molecule has 2 aliphatic rings. The molecule has 2 aromatic rings. The maximum atomic E-state index is 12.6. The predicted molar refractivity (Wildman–Crippen MR) is 93.9 cm³/mol. The van der Waals surface area contributed by atoms with Gasteiger partial charge in [0.25, 0.3) is 0 Å². The van der Waals surface area contributed by atoms with E-state index < -0.39 is 10.0 Å². The van der Waals surface area contributed by atoms with Crippen molar-refractivity contribution in [1.29, 1.82) is 0 Å². The van der Waals surface area contributed by atoms with Gasteiger partial charge in [-0.15, -0.1) is 0 Å². The highest BCUT2D eigenvalue weighted by Gasteiger charge is 2.21. The average Bonchev–Trinajstić information content (AvgIpc) is 3.19. The number of aromatic nitrogens is 2. The lowest BCUT2D eigenvalue weighted by atomic mass is 10.1. The van der Waals surface area contributed by atoms with E-state index in [9.17, 15) is 8.42 Å². The zero-order valence-electron chi connectivity index (χ0n) is 14.4. The lowest BCUT2D eigenvalue weighted by Gasteiger charge is -2.13. The minimum Gasteiger partial charge on any atom is -0.376 e. The van der Waals surface area contributed by atoms with Crippen LogP contribution >= 0.6 is 0 Å². The van der Waals surface area contributed by atoms with Crippen molar-refractivity contribution in [3.63, 3.8) is 0 Å². The summed E-state index contributed by atoms with van der Waals surface area (Å²) in [7, 11) is -1.55. The molecule has 0 atom stereocenters. The molecule has 0 saturated carbocycles. The van der Waals surface area contributed by atoms with Crippen molar-refractivity contribution < 1.29 is 13.2 Å². The molecule has 2 heterocycles.